The number of halogens is 3. The summed E-state index contributed by atoms with van der Waals surface area (Å²) in [6, 6.07) is 0.800. The summed E-state index contributed by atoms with van der Waals surface area (Å²) in [6.45, 7) is 6.33. The van der Waals surface area contributed by atoms with Crippen molar-refractivity contribution in [3.63, 3.8) is 0 Å². The smallest absolute Gasteiger partial charge is 0.314 e. The fourth-order valence-corrected chi connectivity index (χ4v) is 2.04. The highest BCUT2D eigenvalue weighted by Crippen LogP contribution is 2.19. The Morgan fingerprint density at radius 3 is 2.25 bits per heavy atom. The summed E-state index contributed by atoms with van der Waals surface area (Å²) in [7, 11) is 0. The molecule has 0 unspecified atom stereocenters. The molecule has 1 saturated heterocycles. The lowest BCUT2D eigenvalue weighted by molar-refractivity contribution is -0.133. The van der Waals surface area contributed by atoms with Crippen LogP contribution in [0.4, 0.5) is 13.2 Å². The van der Waals surface area contributed by atoms with Crippen molar-refractivity contribution in [2.45, 2.75) is 51.4 Å². The molecule has 0 spiro atoms. The molecule has 16 heavy (non-hydrogen) atoms. The first-order valence-electron chi connectivity index (χ1n) is 5.92. The van der Waals surface area contributed by atoms with Crippen LogP contribution < -0.4 is 5.32 Å². The Kier molecular flexibility index (Phi) is 5.05. The first-order valence-corrected chi connectivity index (χ1v) is 5.92. The van der Waals surface area contributed by atoms with Gasteiger partial charge in [-0.1, -0.05) is 0 Å². The van der Waals surface area contributed by atoms with E-state index < -0.39 is 12.6 Å². The maximum absolute atomic E-state index is 11.9. The molecule has 2 nitrogen and oxygen atoms in total. The molecule has 0 atom stereocenters. The van der Waals surface area contributed by atoms with Crippen molar-refractivity contribution < 1.29 is 13.2 Å². The highest BCUT2D eigenvalue weighted by atomic mass is 19.4. The van der Waals surface area contributed by atoms with Crippen LogP contribution in [0.15, 0.2) is 0 Å². The maximum Gasteiger partial charge on any atom is 0.390 e. The molecule has 5 heteroatoms. The summed E-state index contributed by atoms with van der Waals surface area (Å²) in [5.74, 6) is 0. The summed E-state index contributed by atoms with van der Waals surface area (Å²) >= 11 is 0. The van der Waals surface area contributed by atoms with Gasteiger partial charge in [0, 0.05) is 18.6 Å². The minimum Gasteiger partial charge on any atom is -0.314 e. The topological polar surface area (TPSA) is 15.3 Å². The minimum atomic E-state index is -4.04. The Morgan fingerprint density at radius 1 is 1.25 bits per heavy atom. The lowest BCUT2D eigenvalue weighted by atomic mass is 10.0. The maximum atomic E-state index is 11.9. The zero-order valence-electron chi connectivity index (χ0n) is 9.98. The van der Waals surface area contributed by atoms with Crippen LogP contribution in [0, 0.1) is 0 Å². The Bertz CT molecular complexity index is 196. The Balaban J connectivity index is 2.13. The quantitative estimate of drug-likeness (QED) is 0.809. The number of hydrogen-bond acceptors (Lipinski definition) is 2. The lowest BCUT2D eigenvalue weighted by Crippen LogP contribution is -2.45. The molecule has 1 aliphatic heterocycles. The van der Waals surface area contributed by atoms with Crippen molar-refractivity contribution >= 4 is 0 Å². The second-order valence-electron chi connectivity index (χ2n) is 4.72. The number of nitrogens with one attached hydrogen (secondary N) is 1. The second kappa shape index (κ2) is 5.87. The molecule has 1 aliphatic rings. The molecule has 1 fully saturated rings. The van der Waals surface area contributed by atoms with Crippen LogP contribution >= 0.6 is 0 Å². The van der Waals surface area contributed by atoms with Gasteiger partial charge in [-0.25, -0.2) is 0 Å². The van der Waals surface area contributed by atoms with E-state index in [-0.39, 0.29) is 12.6 Å². The van der Waals surface area contributed by atoms with Crippen molar-refractivity contribution in [3.05, 3.63) is 0 Å². The molecule has 1 N–H and O–H groups in total. The van der Waals surface area contributed by atoms with Crippen LogP contribution in [0.3, 0.4) is 0 Å². The molecule has 0 bridgehead atoms. The van der Waals surface area contributed by atoms with Gasteiger partial charge in [0.25, 0.3) is 0 Å². The van der Waals surface area contributed by atoms with Crippen LogP contribution in [0.2, 0.25) is 0 Å². The van der Waals surface area contributed by atoms with Gasteiger partial charge < -0.3 is 10.2 Å². The normalized spacial score (nSPS) is 20.6. The third-order valence-corrected chi connectivity index (χ3v) is 3.10. The number of alkyl halides is 3. The van der Waals surface area contributed by atoms with Crippen molar-refractivity contribution in [1.82, 2.24) is 10.2 Å². The summed E-state index contributed by atoms with van der Waals surface area (Å²) in [4.78, 5) is 2.36. The van der Waals surface area contributed by atoms with Crippen molar-refractivity contribution in [2.24, 2.45) is 0 Å². The third kappa shape index (κ3) is 5.16. The number of piperidine rings is 1. The molecular formula is C11H21F3N2. The van der Waals surface area contributed by atoms with E-state index in [1.165, 1.54) is 0 Å². The monoisotopic (exact) mass is 238 g/mol. The van der Waals surface area contributed by atoms with E-state index in [1.54, 1.807) is 0 Å². The molecule has 0 aliphatic carbocycles. The number of likely N-dealkylation sites (tertiary alicyclic amines) is 1. The highest BCUT2D eigenvalue weighted by Gasteiger charge is 2.27. The van der Waals surface area contributed by atoms with Crippen molar-refractivity contribution in [3.8, 4) is 0 Å². The fraction of sp³-hybridized carbons (Fsp3) is 1.00. The average molecular weight is 238 g/mol. The van der Waals surface area contributed by atoms with Gasteiger partial charge in [-0.05, 0) is 39.8 Å². The average Bonchev–Trinajstić information content (AvgIpc) is 2.16. The molecule has 0 aromatic carbocycles. The van der Waals surface area contributed by atoms with E-state index in [2.05, 4.69) is 24.1 Å². The van der Waals surface area contributed by atoms with Gasteiger partial charge in [-0.3, -0.25) is 0 Å². The van der Waals surface area contributed by atoms with Crippen LogP contribution in [-0.2, 0) is 0 Å². The zero-order valence-corrected chi connectivity index (χ0v) is 9.98. The van der Waals surface area contributed by atoms with Crippen LogP contribution in [-0.4, -0.2) is 42.8 Å². The van der Waals surface area contributed by atoms with Gasteiger partial charge in [-0.2, -0.15) is 13.2 Å². The standard InChI is InChI=1S/C11H21F3N2/c1-9(2)16-7-3-10(4-8-16)15-6-5-11(12,13)14/h9-10,15H,3-8H2,1-2H3. The van der Waals surface area contributed by atoms with Gasteiger partial charge in [0.2, 0.25) is 0 Å². The summed E-state index contributed by atoms with van der Waals surface area (Å²) < 4.78 is 35.8. The molecule has 0 amide bonds. The van der Waals surface area contributed by atoms with Crippen molar-refractivity contribution in [2.75, 3.05) is 19.6 Å². The van der Waals surface area contributed by atoms with E-state index in [4.69, 9.17) is 0 Å². The fourth-order valence-electron chi connectivity index (χ4n) is 2.04. The molecule has 0 aromatic rings. The van der Waals surface area contributed by atoms with Gasteiger partial charge in [0.1, 0.15) is 0 Å². The SMILES string of the molecule is CC(C)N1CCC(NCCC(F)(F)F)CC1. The first kappa shape index (κ1) is 13.8. The molecular weight excluding hydrogens is 217 g/mol. The number of nitrogens with zero attached hydrogens (tertiary/aromatic N) is 1. The van der Waals surface area contributed by atoms with Crippen LogP contribution in [0.25, 0.3) is 0 Å². The molecule has 0 aromatic heterocycles. The third-order valence-electron chi connectivity index (χ3n) is 3.10. The second-order valence-corrected chi connectivity index (χ2v) is 4.72. The zero-order chi connectivity index (χ0) is 12.2. The molecule has 1 heterocycles. The first-order chi connectivity index (χ1) is 7.38. The van der Waals surface area contributed by atoms with Crippen molar-refractivity contribution in [1.29, 1.82) is 0 Å². The summed E-state index contributed by atoms with van der Waals surface area (Å²) in [5, 5.41) is 2.99. The Hall–Kier alpha value is -0.290. The van der Waals surface area contributed by atoms with E-state index in [0.29, 0.717) is 6.04 Å². The molecule has 0 saturated carbocycles. The molecule has 0 radical (unpaired) electrons. The van der Waals surface area contributed by atoms with Gasteiger partial charge in [0.15, 0.2) is 0 Å². The predicted octanol–water partition coefficient (Wildman–Crippen LogP) is 2.40. The van der Waals surface area contributed by atoms with E-state index in [9.17, 15) is 13.2 Å². The van der Waals surface area contributed by atoms with Crippen LogP contribution in [0.5, 0.6) is 0 Å². The van der Waals surface area contributed by atoms with Gasteiger partial charge >= 0.3 is 6.18 Å². The summed E-state index contributed by atoms with van der Waals surface area (Å²) in [5.41, 5.74) is 0. The number of rotatable bonds is 4. The van der Waals surface area contributed by atoms with Crippen LogP contribution in [0.1, 0.15) is 33.1 Å². The van der Waals surface area contributed by atoms with E-state index in [0.717, 1.165) is 25.9 Å². The Morgan fingerprint density at radius 2 is 1.81 bits per heavy atom. The number of hydrogen-bond donors (Lipinski definition) is 1. The predicted molar refractivity (Wildman–Crippen MR) is 58.4 cm³/mol. The van der Waals surface area contributed by atoms with Gasteiger partial charge in [-0.15, -0.1) is 0 Å². The van der Waals surface area contributed by atoms with E-state index in [1.807, 2.05) is 0 Å². The van der Waals surface area contributed by atoms with E-state index >= 15 is 0 Å². The lowest BCUT2D eigenvalue weighted by Gasteiger charge is -2.35. The highest BCUT2D eigenvalue weighted by molar-refractivity contribution is 4.78. The molecule has 1 rings (SSSR count). The largest absolute Gasteiger partial charge is 0.390 e. The summed E-state index contributed by atoms with van der Waals surface area (Å²) in [6.07, 6.45) is -2.85. The minimum absolute atomic E-state index is 0.0514. The Labute approximate surface area is 95.2 Å². The molecule has 96 valence electrons. The van der Waals surface area contributed by atoms with Gasteiger partial charge in [0.05, 0.1) is 6.42 Å².